The molecule has 0 unspecified atom stereocenters. The van der Waals surface area contributed by atoms with Gasteiger partial charge in [-0.15, -0.1) is 11.3 Å². The van der Waals surface area contributed by atoms with Crippen molar-refractivity contribution in [3.63, 3.8) is 0 Å². The minimum Gasteiger partial charge on any atom is -0.457 e. The lowest BCUT2D eigenvalue weighted by atomic mass is 10.0. The molecule has 0 aliphatic rings. The third-order valence-corrected chi connectivity index (χ3v) is 6.52. The van der Waals surface area contributed by atoms with Gasteiger partial charge in [-0.2, -0.15) is 18.4 Å². The van der Waals surface area contributed by atoms with E-state index >= 15 is 0 Å². The smallest absolute Gasteiger partial charge is 0.417 e. The Balaban J connectivity index is 1.85. The summed E-state index contributed by atoms with van der Waals surface area (Å²) in [7, 11) is 0. The number of aromatic nitrogens is 2. The van der Waals surface area contributed by atoms with E-state index in [2.05, 4.69) is 4.98 Å². The largest absolute Gasteiger partial charge is 0.457 e. The SMILES string of the molecule is CCc1sc(C)nc1Cn1c(-c2ccc(Oc3ccccc3)cc2)cc(C(F)(F)F)c(C#N)c1=O. The van der Waals surface area contributed by atoms with Gasteiger partial charge in [-0.3, -0.25) is 4.79 Å². The molecule has 0 N–H and O–H groups in total. The van der Waals surface area contributed by atoms with E-state index in [0.717, 1.165) is 16.0 Å². The number of hydrogen-bond donors (Lipinski definition) is 0. The molecule has 0 bridgehead atoms. The summed E-state index contributed by atoms with van der Waals surface area (Å²) >= 11 is 1.47. The number of thiazole rings is 1. The second kappa shape index (κ2) is 9.76. The molecule has 0 radical (unpaired) electrons. The van der Waals surface area contributed by atoms with Crippen molar-refractivity contribution >= 4 is 11.3 Å². The highest BCUT2D eigenvalue weighted by Gasteiger charge is 2.36. The van der Waals surface area contributed by atoms with Crippen molar-refractivity contribution in [2.75, 3.05) is 0 Å². The molecule has 178 valence electrons. The third kappa shape index (κ3) is 5.12. The van der Waals surface area contributed by atoms with Crippen LogP contribution in [-0.4, -0.2) is 9.55 Å². The highest BCUT2D eigenvalue weighted by molar-refractivity contribution is 7.11. The van der Waals surface area contributed by atoms with E-state index < -0.39 is 22.9 Å². The fourth-order valence-corrected chi connectivity index (χ4v) is 4.64. The Morgan fingerprint density at radius 1 is 1.09 bits per heavy atom. The monoisotopic (exact) mass is 495 g/mol. The topological polar surface area (TPSA) is 67.9 Å². The van der Waals surface area contributed by atoms with Gasteiger partial charge in [-0.1, -0.05) is 25.1 Å². The van der Waals surface area contributed by atoms with E-state index in [1.165, 1.54) is 22.0 Å². The fourth-order valence-electron chi connectivity index (χ4n) is 3.75. The molecule has 0 aliphatic heterocycles. The maximum atomic E-state index is 13.8. The average Bonchev–Trinajstić information content (AvgIpc) is 3.19. The summed E-state index contributed by atoms with van der Waals surface area (Å²) < 4.78 is 48.3. The zero-order valence-electron chi connectivity index (χ0n) is 18.9. The van der Waals surface area contributed by atoms with Crippen LogP contribution in [0, 0.1) is 18.3 Å². The molecule has 0 spiro atoms. The van der Waals surface area contributed by atoms with Crippen LogP contribution >= 0.6 is 11.3 Å². The number of hydrogen-bond acceptors (Lipinski definition) is 5. The van der Waals surface area contributed by atoms with Crippen LogP contribution in [0.3, 0.4) is 0 Å². The molecule has 4 aromatic rings. The fraction of sp³-hybridized carbons (Fsp3) is 0.192. The summed E-state index contributed by atoms with van der Waals surface area (Å²) in [6.45, 7) is 3.73. The highest BCUT2D eigenvalue weighted by atomic mass is 32.1. The minimum atomic E-state index is -4.86. The molecule has 0 fully saturated rings. The molecule has 9 heteroatoms. The first-order valence-electron chi connectivity index (χ1n) is 10.7. The molecule has 0 saturated heterocycles. The number of alkyl halides is 3. The van der Waals surface area contributed by atoms with Crippen LogP contribution in [0.1, 0.15) is 33.6 Å². The molecule has 2 aromatic carbocycles. The minimum absolute atomic E-state index is 0.0419. The van der Waals surface area contributed by atoms with Crippen molar-refractivity contribution in [1.82, 2.24) is 9.55 Å². The second-order valence-corrected chi connectivity index (χ2v) is 9.00. The quantitative estimate of drug-likeness (QED) is 0.303. The molecule has 0 saturated carbocycles. The van der Waals surface area contributed by atoms with E-state index in [4.69, 9.17) is 4.74 Å². The number of benzene rings is 2. The van der Waals surface area contributed by atoms with Crippen LogP contribution in [0.15, 0.2) is 65.5 Å². The van der Waals surface area contributed by atoms with Gasteiger partial charge in [0.2, 0.25) is 0 Å². The summed E-state index contributed by atoms with van der Waals surface area (Å²) in [4.78, 5) is 18.6. The number of nitriles is 1. The zero-order valence-corrected chi connectivity index (χ0v) is 19.7. The average molecular weight is 496 g/mol. The third-order valence-electron chi connectivity index (χ3n) is 5.36. The predicted octanol–water partition coefficient (Wildman–Crippen LogP) is 6.57. The Bertz CT molecular complexity index is 1450. The molecule has 0 amide bonds. The van der Waals surface area contributed by atoms with E-state index in [1.54, 1.807) is 36.4 Å². The highest BCUT2D eigenvalue weighted by Crippen LogP contribution is 2.34. The van der Waals surface area contributed by atoms with Crippen LogP contribution in [0.5, 0.6) is 11.5 Å². The number of halogens is 3. The lowest BCUT2D eigenvalue weighted by Crippen LogP contribution is -2.29. The van der Waals surface area contributed by atoms with E-state index in [9.17, 15) is 23.2 Å². The molecule has 4 rings (SSSR count). The summed E-state index contributed by atoms with van der Waals surface area (Å²) in [5.41, 5.74) is -2.18. The Labute approximate surface area is 203 Å². The molecule has 0 atom stereocenters. The summed E-state index contributed by atoms with van der Waals surface area (Å²) in [6.07, 6.45) is -4.19. The standard InChI is InChI=1S/C26H20F3N3O2S/c1-3-24-22(31-16(2)35-24)15-32-23(13-21(26(27,28)29)20(14-30)25(32)33)17-9-11-19(12-10-17)34-18-7-5-4-6-8-18/h4-13H,3,15H2,1-2H3. The van der Waals surface area contributed by atoms with Crippen molar-refractivity contribution in [3.8, 4) is 28.8 Å². The van der Waals surface area contributed by atoms with Crippen molar-refractivity contribution in [2.24, 2.45) is 0 Å². The molecule has 2 aromatic heterocycles. The molecule has 5 nitrogen and oxygen atoms in total. The van der Waals surface area contributed by atoms with Crippen molar-refractivity contribution in [2.45, 2.75) is 33.0 Å². The van der Waals surface area contributed by atoms with Gasteiger partial charge in [0.15, 0.2) is 0 Å². The van der Waals surface area contributed by atoms with Crippen LogP contribution in [0.4, 0.5) is 13.2 Å². The Hall–Kier alpha value is -3.90. The summed E-state index contributed by atoms with van der Waals surface area (Å²) in [5, 5.41) is 10.2. The number of aryl methyl sites for hydroxylation is 2. The van der Waals surface area contributed by atoms with E-state index in [0.29, 0.717) is 29.2 Å². The summed E-state index contributed by atoms with van der Waals surface area (Å²) in [5.74, 6) is 1.10. The summed E-state index contributed by atoms with van der Waals surface area (Å²) in [6, 6.07) is 17.8. The van der Waals surface area contributed by atoms with Crippen molar-refractivity contribution < 1.29 is 17.9 Å². The molecular weight excluding hydrogens is 475 g/mol. The van der Waals surface area contributed by atoms with Gasteiger partial charge in [0.05, 0.1) is 28.5 Å². The van der Waals surface area contributed by atoms with Gasteiger partial charge in [0.25, 0.3) is 5.56 Å². The van der Waals surface area contributed by atoms with Crippen LogP contribution < -0.4 is 10.3 Å². The zero-order chi connectivity index (χ0) is 25.2. The lowest BCUT2D eigenvalue weighted by molar-refractivity contribution is -0.137. The van der Waals surface area contributed by atoms with E-state index in [-0.39, 0.29) is 12.2 Å². The molecule has 35 heavy (non-hydrogen) atoms. The van der Waals surface area contributed by atoms with Gasteiger partial charge in [-0.05, 0) is 61.4 Å². The first-order valence-corrected chi connectivity index (χ1v) is 11.6. The van der Waals surface area contributed by atoms with Gasteiger partial charge >= 0.3 is 6.18 Å². The number of pyridine rings is 1. The maximum Gasteiger partial charge on any atom is 0.417 e. The van der Waals surface area contributed by atoms with Gasteiger partial charge in [0, 0.05) is 4.88 Å². The Morgan fingerprint density at radius 2 is 1.74 bits per heavy atom. The number of nitrogens with zero attached hydrogens (tertiary/aromatic N) is 3. The Morgan fingerprint density at radius 3 is 2.34 bits per heavy atom. The predicted molar refractivity (Wildman–Crippen MR) is 128 cm³/mol. The lowest BCUT2D eigenvalue weighted by Gasteiger charge is -2.18. The number of para-hydroxylation sites is 1. The van der Waals surface area contributed by atoms with Crippen LogP contribution in [0.25, 0.3) is 11.3 Å². The van der Waals surface area contributed by atoms with Crippen molar-refractivity contribution in [3.05, 3.63) is 97.7 Å². The number of rotatable bonds is 6. The van der Waals surface area contributed by atoms with E-state index in [1.807, 2.05) is 32.0 Å². The van der Waals surface area contributed by atoms with Gasteiger partial charge in [0.1, 0.15) is 23.1 Å². The first-order chi connectivity index (χ1) is 16.7. The van der Waals surface area contributed by atoms with Crippen LogP contribution in [0.2, 0.25) is 0 Å². The maximum absolute atomic E-state index is 13.8. The van der Waals surface area contributed by atoms with Crippen LogP contribution in [-0.2, 0) is 19.1 Å². The number of ether oxygens (including phenoxy) is 1. The molecular formula is C26H20F3N3O2S. The van der Waals surface area contributed by atoms with Gasteiger partial charge in [-0.25, -0.2) is 4.98 Å². The second-order valence-electron chi connectivity index (χ2n) is 7.71. The first kappa shape index (κ1) is 24.2. The Kier molecular flexibility index (Phi) is 6.76. The normalized spacial score (nSPS) is 11.3. The van der Waals surface area contributed by atoms with Gasteiger partial charge < -0.3 is 9.30 Å². The molecule has 2 heterocycles. The van der Waals surface area contributed by atoms with Crippen molar-refractivity contribution in [1.29, 1.82) is 5.26 Å². The molecule has 0 aliphatic carbocycles.